The maximum absolute atomic E-state index is 12.2. The van der Waals surface area contributed by atoms with Crippen molar-refractivity contribution in [2.75, 3.05) is 0 Å². The van der Waals surface area contributed by atoms with Gasteiger partial charge in [0, 0.05) is 0 Å². The zero-order valence-electron chi connectivity index (χ0n) is 10.1. The highest BCUT2D eigenvalue weighted by Gasteiger charge is 2.43. The van der Waals surface area contributed by atoms with Gasteiger partial charge in [-0.15, -0.1) is 6.42 Å². The van der Waals surface area contributed by atoms with Gasteiger partial charge in [0.05, 0.1) is 11.1 Å². The molecule has 0 saturated carbocycles. The number of rotatable bonds is 1. The number of terminal acetylenes is 1. The number of hydrogen-bond donors (Lipinski definition) is 0. The lowest BCUT2D eigenvalue weighted by molar-refractivity contribution is 0.0552. The van der Waals surface area contributed by atoms with Gasteiger partial charge < -0.3 is 0 Å². The summed E-state index contributed by atoms with van der Waals surface area (Å²) in [7, 11) is 0. The van der Waals surface area contributed by atoms with E-state index >= 15 is 0 Å². The minimum absolute atomic E-state index is 0.309. The SMILES string of the molecule is C#CC(C)(C)N1C(=O)c2ccc(C)cc2C1=O. The molecule has 0 atom stereocenters. The van der Waals surface area contributed by atoms with Gasteiger partial charge >= 0.3 is 0 Å². The second-order valence-electron chi connectivity index (χ2n) is 4.70. The van der Waals surface area contributed by atoms with Crippen molar-refractivity contribution in [1.29, 1.82) is 0 Å². The molecule has 17 heavy (non-hydrogen) atoms. The van der Waals surface area contributed by atoms with Crippen molar-refractivity contribution >= 4 is 11.8 Å². The lowest BCUT2D eigenvalue weighted by Crippen LogP contribution is -2.46. The molecule has 0 unspecified atom stereocenters. The number of imide groups is 1. The first-order chi connectivity index (χ1) is 7.88. The second-order valence-corrected chi connectivity index (χ2v) is 4.70. The van der Waals surface area contributed by atoms with E-state index in [0.29, 0.717) is 11.1 Å². The molecule has 0 fully saturated rings. The Balaban J connectivity index is 2.58. The molecule has 2 amide bonds. The van der Waals surface area contributed by atoms with Crippen LogP contribution in [0.2, 0.25) is 0 Å². The largest absolute Gasteiger partial charge is 0.269 e. The van der Waals surface area contributed by atoms with Crippen molar-refractivity contribution in [3.05, 3.63) is 34.9 Å². The standard InChI is InChI=1S/C14H13NO2/c1-5-14(3,4)15-12(16)10-7-6-9(2)8-11(10)13(15)17/h1,6-8H,2-4H3. The molecule has 0 saturated heterocycles. The van der Waals surface area contributed by atoms with Crippen molar-refractivity contribution < 1.29 is 9.59 Å². The molecule has 3 nitrogen and oxygen atoms in total. The van der Waals surface area contributed by atoms with Crippen LogP contribution in [0.1, 0.15) is 40.1 Å². The van der Waals surface area contributed by atoms with E-state index in [4.69, 9.17) is 6.42 Å². The average Bonchev–Trinajstić information content (AvgIpc) is 2.52. The summed E-state index contributed by atoms with van der Waals surface area (Å²) in [6.07, 6.45) is 5.38. The molecular formula is C14H13NO2. The van der Waals surface area contributed by atoms with Gasteiger partial charge in [-0.25, -0.2) is 0 Å². The molecular weight excluding hydrogens is 214 g/mol. The van der Waals surface area contributed by atoms with E-state index < -0.39 is 5.54 Å². The van der Waals surface area contributed by atoms with Crippen LogP contribution in [0.3, 0.4) is 0 Å². The smallest absolute Gasteiger partial charge is 0.262 e. The Morgan fingerprint density at radius 3 is 2.35 bits per heavy atom. The molecule has 3 heteroatoms. The Kier molecular flexibility index (Phi) is 2.32. The molecule has 0 radical (unpaired) electrons. The number of aryl methyl sites for hydroxylation is 1. The van der Waals surface area contributed by atoms with Crippen molar-refractivity contribution in [1.82, 2.24) is 4.90 Å². The highest BCUT2D eigenvalue weighted by atomic mass is 16.2. The van der Waals surface area contributed by atoms with Crippen LogP contribution in [-0.4, -0.2) is 22.3 Å². The fourth-order valence-corrected chi connectivity index (χ4v) is 1.93. The summed E-state index contributed by atoms with van der Waals surface area (Å²) in [6, 6.07) is 5.22. The summed E-state index contributed by atoms with van der Waals surface area (Å²) in [5, 5.41) is 0. The Bertz CT molecular complexity index is 564. The maximum atomic E-state index is 12.2. The van der Waals surface area contributed by atoms with Gasteiger partial charge in [-0.3, -0.25) is 14.5 Å². The van der Waals surface area contributed by atoms with Gasteiger partial charge in [0.25, 0.3) is 11.8 Å². The van der Waals surface area contributed by atoms with Crippen LogP contribution in [0, 0.1) is 19.3 Å². The molecule has 0 spiro atoms. The second kappa shape index (κ2) is 3.46. The minimum Gasteiger partial charge on any atom is -0.269 e. The first-order valence-corrected chi connectivity index (χ1v) is 5.36. The molecule has 0 aliphatic carbocycles. The Labute approximate surface area is 100 Å². The molecule has 0 N–H and O–H groups in total. The number of carbonyl (C=O) groups excluding carboxylic acids is 2. The van der Waals surface area contributed by atoms with Crippen LogP contribution in [0.15, 0.2) is 18.2 Å². The monoisotopic (exact) mass is 227 g/mol. The minimum atomic E-state index is -0.902. The first-order valence-electron chi connectivity index (χ1n) is 5.36. The molecule has 0 aromatic heterocycles. The van der Waals surface area contributed by atoms with Crippen molar-refractivity contribution in [3.63, 3.8) is 0 Å². The average molecular weight is 227 g/mol. The van der Waals surface area contributed by atoms with Crippen LogP contribution < -0.4 is 0 Å². The van der Waals surface area contributed by atoms with Gasteiger partial charge in [-0.2, -0.15) is 0 Å². The van der Waals surface area contributed by atoms with E-state index in [2.05, 4.69) is 5.92 Å². The van der Waals surface area contributed by atoms with E-state index in [-0.39, 0.29) is 11.8 Å². The van der Waals surface area contributed by atoms with Crippen LogP contribution >= 0.6 is 0 Å². The number of carbonyl (C=O) groups is 2. The van der Waals surface area contributed by atoms with E-state index in [0.717, 1.165) is 10.5 Å². The predicted octanol–water partition coefficient (Wildman–Crippen LogP) is 2.00. The van der Waals surface area contributed by atoms with Gasteiger partial charge in [-0.1, -0.05) is 17.6 Å². The fraction of sp³-hybridized carbons (Fsp3) is 0.286. The van der Waals surface area contributed by atoms with Gasteiger partial charge in [0.2, 0.25) is 0 Å². The highest BCUT2D eigenvalue weighted by molar-refractivity contribution is 6.22. The Morgan fingerprint density at radius 2 is 1.76 bits per heavy atom. The molecule has 1 aromatic carbocycles. The molecule has 1 aliphatic heterocycles. The molecule has 1 heterocycles. The molecule has 0 bridgehead atoms. The van der Waals surface area contributed by atoms with Gasteiger partial charge in [0.1, 0.15) is 5.54 Å². The van der Waals surface area contributed by atoms with Gasteiger partial charge in [-0.05, 0) is 32.9 Å². The molecule has 86 valence electrons. The topological polar surface area (TPSA) is 37.4 Å². The van der Waals surface area contributed by atoms with Crippen molar-refractivity contribution in [2.45, 2.75) is 26.3 Å². The summed E-state index contributed by atoms with van der Waals surface area (Å²) in [6.45, 7) is 5.25. The van der Waals surface area contributed by atoms with Crippen molar-refractivity contribution in [2.24, 2.45) is 0 Å². The number of hydrogen-bond acceptors (Lipinski definition) is 2. The zero-order chi connectivity index (χ0) is 12.8. The lowest BCUT2D eigenvalue weighted by Gasteiger charge is -2.28. The Morgan fingerprint density at radius 1 is 1.18 bits per heavy atom. The van der Waals surface area contributed by atoms with Crippen molar-refractivity contribution in [3.8, 4) is 12.3 Å². The zero-order valence-corrected chi connectivity index (χ0v) is 10.1. The number of amides is 2. The lowest BCUT2D eigenvalue weighted by atomic mass is 10.0. The third-order valence-electron chi connectivity index (χ3n) is 2.95. The summed E-state index contributed by atoms with van der Waals surface area (Å²) < 4.78 is 0. The normalized spacial score (nSPS) is 14.8. The van der Waals surface area contributed by atoms with Crippen LogP contribution in [0.25, 0.3) is 0 Å². The van der Waals surface area contributed by atoms with E-state index in [9.17, 15) is 9.59 Å². The Hall–Kier alpha value is -2.08. The van der Waals surface area contributed by atoms with E-state index in [1.165, 1.54) is 0 Å². The molecule has 2 rings (SSSR count). The number of fused-ring (bicyclic) bond motifs is 1. The third-order valence-corrected chi connectivity index (χ3v) is 2.95. The quantitative estimate of drug-likeness (QED) is 0.543. The van der Waals surface area contributed by atoms with Crippen LogP contribution in [-0.2, 0) is 0 Å². The first kappa shape index (κ1) is 11.4. The van der Waals surface area contributed by atoms with E-state index in [1.54, 1.807) is 26.0 Å². The van der Waals surface area contributed by atoms with Crippen LogP contribution in [0.4, 0.5) is 0 Å². The van der Waals surface area contributed by atoms with E-state index in [1.807, 2.05) is 13.0 Å². The number of benzene rings is 1. The summed E-state index contributed by atoms with van der Waals surface area (Å²) >= 11 is 0. The third kappa shape index (κ3) is 1.53. The maximum Gasteiger partial charge on any atom is 0.262 e. The van der Waals surface area contributed by atoms with Crippen LogP contribution in [0.5, 0.6) is 0 Å². The highest BCUT2D eigenvalue weighted by Crippen LogP contribution is 2.29. The number of nitrogens with zero attached hydrogens (tertiary/aromatic N) is 1. The molecule has 1 aromatic rings. The fourth-order valence-electron chi connectivity index (χ4n) is 1.93. The summed E-state index contributed by atoms with van der Waals surface area (Å²) in [4.78, 5) is 25.5. The summed E-state index contributed by atoms with van der Waals surface area (Å²) in [5.41, 5.74) is 0.925. The predicted molar refractivity (Wildman–Crippen MR) is 64.6 cm³/mol. The van der Waals surface area contributed by atoms with Gasteiger partial charge in [0.15, 0.2) is 0 Å². The summed E-state index contributed by atoms with van der Waals surface area (Å²) in [5.74, 6) is 1.86. The molecule has 1 aliphatic rings.